The Hall–Kier alpha value is -3.85. The molecule has 0 saturated heterocycles. The summed E-state index contributed by atoms with van der Waals surface area (Å²) in [5.41, 5.74) is 4.76. The summed E-state index contributed by atoms with van der Waals surface area (Å²) in [7, 11) is 1.72. The number of carbonyl (C=O) groups is 2. The monoisotopic (exact) mass is 658 g/mol. The first-order valence-electron chi connectivity index (χ1n) is 17.6. The van der Waals surface area contributed by atoms with E-state index in [4.69, 9.17) is 9.47 Å². The van der Waals surface area contributed by atoms with Gasteiger partial charge in [-0.15, -0.1) is 0 Å². The molecule has 1 heterocycles. The molecule has 48 heavy (non-hydrogen) atoms. The standard InChI is InChI=1S/C39H54N4O5/c1-25(2)43-23-33(22-40-43)30-8-7-9-32(21-30)36(28-12-10-27(11-13-28)31-16-19-35(47-6)26(3)20-31)42-37(44)29-14-17-34(18-15-29)41-38(45)48-24-39(4,5)46/h7-9,16,19-23,25,27-29,34,36,46H,10-15,17-18,24H2,1-6H3,(H,41,45)(H,42,44). The lowest BCUT2D eigenvalue weighted by Gasteiger charge is -2.36. The second kappa shape index (κ2) is 15.6. The first-order valence-corrected chi connectivity index (χ1v) is 17.6. The van der Waals surface area contributed by atoms with Gasteiger partial charge in [0.05, 0.1) is 24.9 Å². The van der Waals surface area contributed by atoms with E-state index >= 15 is 0 Å². The number of aliphatic hydroxyl groups is 1. The van der Waals surface area contributed by atoms with Crippen molar-refractivity contribution >= 4 is 12.0 Å². The van der Waals surface area contributed by atoms with Gasteiger partial charge in [-0.1, -0.05) is 30.3 Å². The number of rotatable bonds is 11. The Balaban J connectivity index is 1.28. The molecule has 2 aromatic carbocycles. The molecule has 0 aliphatic heterocycles. The van der Waals surface area contributed by atoms with Crippen LogP contribution in [0.1, 0.15) is 114 Å². The smallest absolute Gasteiger partial charge is 0.407 e. The lowest BCUT2D eigenvalue weighted by Crippen LogP contribution is -2.43. The summed E-state index contributed by atoms with van der Waals surface area (Å²) < 4.78 is 12.6. The van der Waals surface area contributed by atoms with Crippen molar-refractivity contribution in [2.45, 2.75) is 116 Å². The molecule has 2 aliphatic carbocycles. The highest BCUT2D eigenvalue weighted by molar-refractivity contribution is 5.79. The van der Waals surface area contributed by atoms with E-state index < -0.39 is 11.7 Å². The molecule has 3 aromatic rings. The molecule has 1 aromatic heterocycles. The minimum absolute atomic E-state index is 0.0422. The third-order valence-electron chi connectivity index (χ3n) is 10.1. The van der Waals surface area contributed by atoms with Gasteiger partial charge in [-0.2, -0.15) is 5.10 Å². The second-order valence-corrected chi connectivity index (χ2v) is 14.8. The van der Waals surface area contributed by atoms with Gasteiger partial charge in [0.15, 0.2) is 0 Å². The maximum Gasteiger partial charge on any atom is 0.407 e. The molecule has 0 bridgehead atoms. The SMILES string of the molecule is COc1ccc(C2CCC(C(NC(=O)C3CCC(NC(=O)OCC(C)(C)O)CC3)c3cccc(-c4cnn(C(C)C)c4)c3)CC2)cc1C. The average molecular weight is 659 g/mol. The van der Waals surface area contributed by atoms with Gasteiger partial charge in [-0.05, 0) is 132 Å². The van der Waals surface area contributed by atoms with Crippen LogP contribution in [0.4, 0.5) is 4.79 Å². The molecule has 5 rings (SSSR count). The number of hydrogen-bond donors (Lipinski definition) is 3. The lowest BCUT2D eigenvalue weighted by molar-refractivity contribution is -0.127. The molecule has 2 fully saturated rings. The molecule has 3 N–H and O–H groups in total. The summed E-state index contributed by atoms with van der Waals surface area (Å²) in [5.74, 6) is 1.72. The molecule has 0 radical (unpaired) electrons. The van der Waals surface area contributed by atoms with Gasteiger partial charge in [-0.25, -0.2) is 4.79 Å². The number of methoxy groups -OCH3 is 1. The largest absolute Gasteiger partial charge is 0.496 e. The fourth-order valence-corrected chi connectivity index (χ4v) is 7.32. The fraction of sp³-hybridized carbons (Fsp3) is 0.564. The zero-order chi connectivity index (χ0) is 34.4. The highest BCUT2D eigenvalue weighted by Gasteiger charge is 2.34. The van der Waals surface area contributed by atoms with Gasteiger partial charge in [-0.3, -0.25) is 9.48 Å². The Labute approximate surface area is 285 Å². The number of amides is 2. The van der Waals surface area contributed by atoms with E-state index in [-0.39, 0.29) is 36.6 Å². The van der Waals surface area contributed by atoms with Crippen LogP contribution >= 0.6 is 0 Å². The van der Waals surface area contributed by atoms with Crippen LogP contribution in [0.3, 0.4) is 0 Å². The zero-order valence-corrected chi connectivity index (χ0v) is 29.5. The summed E-state index contributed by atoms with van der Waals surface area (Å²) >= 11 is 0. The highest BCUT2D eigenvalue weighted by Crippen LogP contribution is 2.42. The number of alkyl carbamates (subject to hydrolysis) is 1. The number of nitrogens with one attached hydrogen (secondary N) is 2. The number of hydrogen-bond acceptors (Lipinski definition) is 6. The third kappa shape index (κ3) is 9.19. The van der Waals surface area contributed by atoms with Gasteiger partial charge in [0.1, 0.15) is 12.4 Å². The molecule has 1 unspecified atom stereocenters. The fourth-order valence-electron chi connectivity index (χ4n) is 7.32. The minimum Gasteiger partial charge on any atom is -0.496 e. The quantitative estimate of drug-likeness (QED) is 0.195. The van der Waals surface area contributed by atoms with E-state index in [1.54, 1.807) is 21.0 Å². The number of nitrogens with zero attached hydrogens (tertiary/aromatic N) is 2. The third-order valence-corrected chi connectivity index (χ3v) is 10.1. The maximum atomic E-state index is 13.9. The predicted molar refractivity (Wildman–Crippen MR) is 188 cm³/mol. The van der Waals surface area contributed by atoms with E-state index in [0.29, 0.717) is 37.5 Å². The van der Waals surface area contributed by atoms with Gasteiger partial charge in [0.25, 0.3) is 0 Å². The molecule has 9 heteroatoms. The molecule has 1 atom stereocenters. The predicted octanol–water partition coefficient (Wildman–Crippen LogP) is 7.64. The molecule has 2 amide bonds. The van der Waals surface area contributed by atoms with Crippen LogP contribution in [-0.4, -0.2) is 52.2 Å². The molecule has 2 saturated carbocycles. The first kappa shape index (κ1) is 35.5. The summed E-state index contributed by atoms with van der Waals surface area (Å²) in [6.07, 6.45) is 10.5. The van der Waals surface area contributed by atoms with Crippen molar-refractivity contribution in [3.05, 3.63) is 71.5 Å². The van der Waals surface area contributed by atoms with Gasteiger partial charge in [0.2, 0.25) is 5.91 Å². The van der Waals surface area contributed by atoms with E-state index in [2.05, 4.69) is 85.2 Å². The number of benzene rings is 2. The van der Waals surface area contributed by atoms with Crippen molar-refractivity contribution in [3.63, 3.8) is 0 Å². The van der Waals surface area contributed by atoms with Crippen LogP contribution in [0.5, 0.6) is 5.75 Å². The Kier molecular flexibility index (Phi) is 11.5. The number of carbonyl (C=O) groups excluding carboxylic acids is 2. The maximum absolute atomic E-state index is 13.9. The minimum atomic E-state index is -1.08. The molecule has 9 nitrogen and oxygen atoms in total. The second-order valence-electron chi connectivity index (χ2n) is 14.8. The average Bonchev–Trinajstić information content (AvgIpc) is 3.58. The Morgan fingerprint density at radius 2 is 1.73 bits per heavy atom. The summed E-state index contributed by atoms with van der Waals surface area (Å²) in [6, 6.07) is 15.3. The van der Waals surface area contributed by atoms with Crippen molar-refractivity contribution in [1.29, 1.82) is 0 Å². The Bertz CT molecular complexity index is 1530. The van der Waals surface area contributed by atoms with Crippen molar-refractivity contribution < 1.29 is 24.2 Å². The molecular weight excluding hydrogens is 604 g/mol. The van der Waals surface area contributed by atoms with E-state index in [9.17, 15) is 14.7 Å². The summed E-state index contributed by atoms with van der Waals surface area (Å²) in [4.78, 5) is 26.1. The lowest BCUT2D eigenvalue weighted by atomic mass is 9.74. The first-order chi connectivity index (χ1) is 22.9. The number of ether oxygens (including phenoxy) is 2. The van der Waals surface area contributed by atoms with Crippen molar-refractivity contribution in [2.24, 2.45) is 11.8 Å². The molecule has 0 spiro atoms. The van der Waals surface area contributed by atoms with Crippen LogP contribution in [0, 0.1) is 18.8 Å². The topological polar surface area (TPSA) is 115 Å². The Morgan fingerprint density at radius 1 is 1.00 bits per heavy atom. The van der Waals surface area contributed by atoms with Crippen molar-refractivity contribution in [2.75, 3.05) is 13.7 Å². The van der Waals surface area contributed by atoms with Crippen LogP contribution in [0.15, 0.2) is 54.9 Å². The number of aryl methyl sites for hydroxylation is 1. The van der Waals surface area contributed by atoms with Crippen LogP contribution in [0.2, 0.25) is 0 Å². The van der Waals surface area contributed by atoms with E-state index in [0.717, 1.165) is 53.7 Å². The van der Waals surface area contributed by atoms with Crippen LogP contribution in [0.25, 0.3) is 11.1 Å². The molecule has 2 aliphatic rings. The summed E-state index contributed by atoms with van der Waals surface area (Å²) in [6.45, 7) is 9.47. The van der Waals surface area contributed by atoms with Crippen LogP contribution in [-0.2, 0) is 9.53 Å². The van der Waals surface area contributed by atoms with E-state index in [1.165, 1.54) is 5.56 Å². The van der Waals surface area contributed by atoms with Gasteiger partial charge < -0.3 is 25.2 Å². The van der Waals surface area contributed by atoms with Crippen molar-refractivity contribution in [1.82, 2.24) is 20.4 Å². The Morgan fingerprint density at radius 3 is 2.35 bits per heavy atom. The van der Waals surface area contributed by atoms with E-state index in [1.807, 2.05) is 10.9 Å². The zero-order valence-electron chi connectivity index (χ0n) is 29.5. The summed E-state index contributed by atoms with van der Waals surface area (Å²) in [5, 5.41) is 20.8. The van der Waals surface area contributed by atoms with Gasteiger partial charge >= 0.3 is 6.09 Å². The highest BCUT2D eigenvalue weighted by atomic mass is 16.6. The van der Waals surface area contributed by atoms with Crippen molar-refractivity contribution in [3.8, 4) is 16.9 Å². The molecular formula is C39H54N4O5. The van der Waals surface area contributed by atoms with Crippen LogP contribution < -0.4 is 15.4 Å². The normalized spacial score (nSPS) is 22.2. The van der Waals surface area contributed by atoms with Gasteiger partial charge in [0, 0.05) is 29.8 Å². The molecule has 260 valence electrons. The number of aromatic nitrogens is 2.